The zero-order valence-corrected chi connectivity index (χ0v) is 16.5. The van der Waals surface area contributed by atoms with Crippen molar-refractivity contribution in [2.24, 2.45) is 0 Å². The number of ether oxygens (including phenoxy) is 1. The van der Waals surface area contributed by atoms with Gasteiger partial charge < -0.3 is 15.8 Å². The molecular formula is C23H20F2N4O. The Morgan fingerprint density at radius 2 is 1.77 bits per heavy atom. The molecule has 7 heteroatoms. The summed E-state index contributed by atoms with van der Waals surface area (Å²) in [6.45, 7) is 2.37. The zero-order chi connectivity index (χ0) is 21.3. The summed E-state index contributed by atoms with van der Waals surface area (Å²) >= 11 is 0. The normalized spacial score (nSPS) is 10.9. The van der Waals surface area contributed by atoms with E-state index in [4.69, 9.17) is 10.5 Å². The lowest BCUT2D eigenvalue weighted by Crippen LogP contribution is -2.02. The van der Waals surface area contributed by atoms with Gasteiger partial charge in [0.25, 0.3) is 0 Å². The molecule has 0 spiro atoms. The molecule has 2 heterocycles. The molecule has 30 heavy (non-hydrogen) atoms. The number of hydrogen-bond donors (Lipinski definition) is 2. The first-order chi connectivity index (χ1) is 14.4. The van der Waals surface area contributed by atoms with E-state index < -0.39 is 11.6 Å². The third-order valence-corrected chi connectivity index (χ3v) is 4.90. The van der Waals surface area contributed by atoms with Crippen LogP contribution in [0.4, 0.5) is 20.3 Å². The van der Waals surface area contributed by atoms with Crippen LogP contribution in [-0.4, -0.2) is 17.1 Å². The van der Waals surface area contributed by atoms with Crippen molar-refractivity contribution in [2.75, 3.05) is 18.2 Å². The van der Waals surface area contributed by atoms with Crippen LogP contribution in [0.25, 0.3) is 22.0 Å². The number of nitrogens with zero attached hydrogens (tertiary/aromatic N) is 2. The van der Waals surface area contributed by atoms with Crippen LogP contribution in [0.1, 0.15) is 11.3 Å². The van der Waals surface area contributed by atoms with Crippen LogP contribution in [-0.2, 0) is 6.54 Å². The minimum atomic E-state index is -0.781. The highest BCUT2D eigenvalue weighted by Gasteiger charge is 2.14. The molecule has 0 amide bonds. The number of hydrogen-bond acceptors (Lipinski definition) is 5. The number of nitrogens with one attached hydrogen (secondary N) is 1. The molecular weight excluding hydrogens is 386 g/mol. The maximum absolute atomic E-state index is 14.3. The molecule has 2 aromatic carbocycles. The largest absolute Gasteiger partial charge is 0.497 e. The van der Waals surface area contributed by atoms with E-state index >= 15 is 0 Å². The molecule has 0 bridgehead atoms. The van der Waals surface area contributed by atoms with Crippen LogP contribution in [0.3, 0.4) is 0 Å². The fourth-order valence-electron chi connectivity index (χ4n) is 3.24. The topological polar surface area (TPSA) is 73.1 Å². The fourth-order valence-corrected chi connectivity index (χ4v) is 3.24. The van der Waals surface area contributed by atoms with Crippen molar-refractivity contribution in [1.29, 1.82) is 0 Å². The van der Waals surface area contributed by atoms with E-state index in [0.29, 0.717) is 23.6 Å². The lowest BCUT2D eigenvalue weighted by atomic mass is 10.0. The Morgan fingerprint density at radius 1 is 1.00 bits per heavy atom. The van der Waals surface area contributed by atoms with Gasteiger partial charge in [-0.3, -0.25) is 4.98 Å². The highest BCUT2D eigenvalue weighted by molar-refractivity contribution is 5.86. The Balaban J connectivity index is 1.61. The maximum Gasteiger partial charge on any atom is 0.149 e. The van der Waals surface area contributed by atoms with Crippen LogP contribution in [0, 0.1) is 18.6 Å². The van der Waals surface area contributed by atoms with E-state index in [-0.39, 0.29) is 11.3 Å². The summed E-state index contributed by atoms with van der Waals surface area (Å²) in [6, 6.07) is 13.5. The van der Waals surface area contributed by atoms with E-state index in [0.717, 1.165) is 28.3 Å². The molecule has 2 aromatic heterocycles. The van der Waals surface area contributed by atoms with Gasteiger partial charge in [0.05, 0.1) is 18.3 Å². The van der Waals surface area contributed by atoms with E-state index in [2.05, 4.69) is 15.3 Å². The molecule has 0 aliphatic rings. The second kappa shape index (κ2) is 7.94. The Bertz CT molecular complexity index is 1230. The number of pyridine rings is 2. The van der Waals surface area contributed by atoms with Crippen LogP contribution in [0.15, 0.2) is 54.7 Å². The van der Waals surface area contributed by atoms with Gasteiger partial charge in [-0.15, -0.1) is 0 Å². The molecule has 4 aromatic rings. The van der Waals surface area contributed by atoms with Crippen LogP contribution >= 0.6 is 0 Å². The summed E-state index contributed by atoms with van der Waals surface area (Å²) in [5.41, 5.74) is 8.68. The molecule has 0 fully saturated rings. The van der Waals surface area contributed by atoms with Gasteiger partial charge in [-0.1, -0.05) is 12.1 Å². The Hall–Kier alpha value is -3.74. The Kier molecular flexibility index (Phi) is 5.18. The van der Waals surface area contributed by atoms with Crippen molar-refractivity contribution in [3.63, 3.8) is 0 Å². The number of aromatic nitrogens is 2. The molecule has 0 saturated heterocycles. The van der Waals surface area contributed by atoms with Crippen molar-refractivity contribution in [2.45, 2.75) is 13.5 Å². The number of methoxy groups -OCH3 is 1. The van der Waals surface area contributed by atoms with Crippen LogP contribution in [0.2, 0.25) is 0 Å². The van der Waals surface area contributed by atoms with Crippen LogP contribution in [0.5, 0.6) is 5.75 Å². The standard InChI is InChI=1S/C23H20F2N4O/c1-13-17(18-8-21(26)20(25)9-19(18)24)7-15-12-28-23(10-22(15)29-13)27-11-14-3-5-16(30-2)6-4-14/h3-10,12H,11,26H2,1-2H3,(H,27,28). The number of rotatable bonds is 5. The molecule has 0 radical (unpaired) electrons. The van der Waals surface area contributed by atoms with E-state index in [1.54, 1.807) is 26.3 Å². The SMILES string of the molecule is COc1ccc(CNc2cc3nc(C)c(-c4cc(N)c(F)cc4F)cc3cn2)cc1. The summed E-state index contributed by atoms with van der Waals surface area (Å²) in [5.74, 6) is 0.0150. The third-order valence-electron chi connectivity index (χ3n) is 4.90. The van der Waals surface area contributed by atoms with Gasteiger partial charge in [-0.25, -0.2) is 13.8 Å². The third kappa shape index (κ3) is 3.87. The average Bonchev–Trinajstić information content (AvgIpc) is 2.75. The van der Waals surface area contributed by atoms with Crippen molar-refractivity contribution in [3.8, 4) is 16.9 Å². The van der Waals surface area contributed by atoms with Crippen molar-refractivity contribution >= 4 is 22.4 Å². The first kappa shape index (κ1) is 19.6. The Morgan fingerprint density at radius 3 is 2.50 bits per heavy atom. The van der Waals surface area contributed by atoms with Crippen LogP contribution < -0.4 is 15.8 Å². The highest BCUT2D eigenvalue weighted by atomic mass is 19.1. The first-order valence-corrected chi connectivity index (χ1v) is 9.33. The lowest BCUT2D eigenvalue weighted by molar-refractivity contribution is 0.414. The number of fused-ring (bicyclic) bond motifs is 1. The lowest BCUT2D eigenvalue weighted by Gasteiger charge is -2.11. The van der Waals surface area contributed by atoms with Gasteiger partial charge in [0, 0.05) is 47.1 Å². The van der Waals surface area contributed by atoms with E-state index in [1.165, 1.54) is 6.07 Å². The van der Waals surface area contributed by atoms with E-state index in [9.17, 15) is 8.78 Å². The van der Waals surface area contributed by atoms with Gasteiger partial charge in [0.1, 0.15) is 23.2 Å². The second-order valence-electron chi connectivity index (χ2n) is 6.94. The van der Waals surface area contributed by atoms with Crippen molar-refractivity contribution < 1.29 is 13.5 Å². The predicted molar refractivity (Wildman–Crippen MR) is 114 cm³/mol. The summed E-state index contributed by atoms with van der Waals surface area (Å²) < 4.78 is 33.0. The number of halogens is 2. The van der Waals surface area contributed by atoms with Crippen molar-refractivity contribution in [3.05, 3.63) is 77.6 Å². The summed E-state index contributed by atoms with van der Waals surface area (Å²) in [6.07, 6.45) is 1.67. The minimum absolute atomic E-state index is 0.109. The van der Waals surface area contributed by atoms with E-state index in [1.807, 2.05) is 30.3 Å². The molecule has 0 atom stereocenters. The average molecular weight is 406 g/mol. The highest BCUT2D eigenvalue weighted by Crippen LogP contribution is 2.31. The summed E-state index contributed by atoms with van der Waals surface area (Å²) in [7, 11) is 1.63. The molecule has 0 aliphatic heterocycles. The molecule has 5 nitrogen and oxygen atoms in total. The zero-order valence-electron chi connectivity index (χ0n) is 16.5. The monoisotopic (exact) mass is 406 g/mol. The van der Waals surface area contributed by atoms with Gasteiger partial charge in [0.15, 0.2) is 0 Å². The van der Waals surface area contributed by atoms with Gasteiger partial charge >= 0.3 is 0 Å². The first-order valence-electron chi connectivity index (χ1n) is 9.33. The summed E-state index contributed by atoms with van der Waals surface area (Å²) in [5, 5.41) is 4.01. The second-order valence-corrected chi connectivity index (χ2v) is 6.94. The molecule has 0 aliphatic carbocycles. The quantitative estimate of drug-likeness (QED) is 0.452. The molecule has 4 rings (SSSR count). The number of benzene rings is 2. The number of aryl methyl sites for hydroxylation is 1. The smallest absolute Gasteiger partial charge is 0.149 e. The molecule has 0 unspecified atom stereocenters. The summed E-state index contributed by atoms with van der Waals surface area (Å²) in [4.78, 5) is 9.01. The number of nitrogens with two attached hydrogens (primary N) is 1. The maximum atomic E-state index is 14.3. The van der Waals surface area contributed by atoms with Gasteiger partial charge in [0.2, 0.25) is 0 Å². The molecule has 0 saturated carbocycles. The number of anilines is 2. The van der Waals surface area contributed by atoms with Crippen molar-refractivity contribution in [1.82, 2.24) is 9.97 Å². The fraction of sp³-hybridized carbons (Fsp3) is 0.130. The molecule has 3 N–H and O–H groups in total. The predicted octanol–water partition coefficient (Wildman–Crippen LogP) is 5.09. The Labute approximate surface area is 172 Å². The minimum Gasteiger partial charge on any atom is -0.497 e. The van der Waals surface area contributed by atoms with Gasteiger partial charge in [-0.05, 0) is 36.8 Å². The number of nitrogen functional groups attached to an aromatic ring is 1. The molecule has 152 valence electrons. The van der Waals surface area contributed by atoms with Gasteiger partial charge in [-0.2, -0.15) is 0 Å².